The maximum Gasteiger partial charge on any atom is 0.295 e. The third-order valence-corrected chi connectivity index (χ3v) is 6.29. The highest BCUT2D eigenvalue weighted by molar-refractivity contribution is 6.46. The monoisotopic (exact) mass is 512 g/mol. The quantitative estimate of drug-likeness (QED) is 0.171. The lowest BCUT2D eigenvalue weighted by atomic mass is 9.94. The Balaban J connectivity index is 1.78. The van der Waals surface area contributed by atoms with Crippen molar-refractivity contribution in [2.24, 2.45) is 0 Å². The number of likely N-dealkylation sites (tertiary alicyclic amines) is 1. The summed E-state index contributed by atoms with van der Waals surface area (Å²) in [6.07, 6.45) is 1.65. The van der Waals surface area contributed by atoms with Crippen LogP contribution in [0.4, 0.5) is 0 Å². The normalized spacial score (nSPS) is 16.6. The summed E-state index contributed by atoms with van der Waals surface area (Å²) in [5, 5.41) is 11.4. The van der Waals surface area contributed by atoms with Gasteiger partial charge >= 0.3 is 0 Å². The van der Waals surface area contributed by atoms with E-state index in [1.165, 1.54) is 4.90 Å². The van der Waals surface area contributed by atoms with Gasteiger partial charge < -0.3 is 24.4 Å². The second-order valence-electron chi connectivity index (χ2n) is 9.36. The molecule has 38 heavy (non-hydrogen) atoms. The number of nitrogens with zero attached hydrogens (tertiary/aromatic N) is 2. The maximum absolute atomic E-state index is 13.3. The Labute approximate surface area is 223 Å². The molecule has 1 atom stereocenters. The molecule has 7 nitrogen and oxygen atoms in total. The van der Waals surface area contributed by atoms with E-state index in [0.29, 0.717) is 48.1 Å². The molecule has 1 aliphatic heterocycles. The summed E-state index contributed by atoms with van der Waals surface area (Å²) in [6.45, 7) is 6.74. The van der Waals surface area contributed by atoms with Crippen molar-refractivity contribution in [1.29, 1.82) is 0 Å². The minimum Gasteiger partial charge on any atom is -0.507 e. The Kier molecular flexibility index (Phi) is 8.28. The third-order valence-electron chi connectivity index (χ3n) is 6.29. The third kappa shape index (κ3) is 5.79. The SMILES string of the molecule is C=CCOc1ccc(C(O)=C2C(=O)C(=O)N(CCN(C)C)[C@H]2c2cccc(Oc3ccccc3)c2)cc1C. The average molecular weight is 513 g/mol. The zero-order valence-electron chi connectivity index (χ0n) is 21.9. The molecule has 1 amide bonds. The van der Waals surface area contributed by atoms with Crippen LogP contribution in [0.5, 0.6) is 17.2 Å². The lowest BCUT2D eigenvalue weighted by Gasteiger charge is -2.27. The van der Waals surface area contributed by atoms with Crippen LogP contribution in [0.15, 0.2) is 91.0 Å². The van der Waals surface area contributed by atoms with Crippen molar-refractivity contribution in [2.75, 3.05) is 33.8 Å². The zero-order valence-corrected chi connectivity index (χ0v) is 21.9. The molecule has 0 aromatic heterocycles. The summed E-state index contributed by atoms with van der Waals surface area (Å²) < 4.78 is 11.7. The van der Waals surface area contributed by atoms with Gasteiger partial charge in [-0.05, 0) is 74.6 Å². The highest BCUT2D eigenvalue weighted by Crippen LogP contribution is 2.41. The van der Waals surface area contributed by atoms with Gasteiger partial charge in [-0.25, -0.2) is 0 Å². The fourth-order valence-electron chi connectivity index (χ4n) is 4.40. The van der Waals surface area contributed by atoms with E-state index in [1.54, 1.807) is 30.3 Å². The van der Waals surface area contributed by atoms with Crippen molar-refractivity contribution in [2.45, 2.75) is 13.0 Å². The number of para-hydroxylation sites is 1. The molecule has 3 aromatic rings. The van der Waals surface area contributed by atoms with E-state index >= 15 is 0 Å². The second kappa shape index (κ2) is 11.8. The van der Waals surface area contributed by atoms with Crippen LogP contribution < -0.4 is 9.47 Å². The summed E-state index contributed by atoms with van der Waals surface area (Å²) in [4.78, 5) is 30.0. The lowest BCUT2D eigenvalue weighted by Crippen LogP contribution is -2.35. The summed E-state index contributed by atoms with van der Waals surface area (Å²) in [5.41, 5.74) is 1.93. The minimum atomic E-state index is -0.772. The van der Waals surface area contributed by atoms with Crippen LogP contribution in [-0.2, 0) is 9.59 Å². The summed E-state index contributed by atoms with van der Waals surface area (Å²) >= 11 is 0. The standard InChI is InChI=1S/C31H32N2O5/c1-5-18-37-26-15-14-23(19-21(26)2)29(34)27-28(33(17-16-32(3)4)31(36)30(27)35)22-10-9-13-25(20-22)38-24-11-7-6-8-12-24/h5-15,19-20,28,34H,1,16-18H2,2-4H3/t28-/m0/s1. The molecule has 0 saturated carbocycles. The number of ether oxygens (including phenoxy) is 2. The van der Waals surface area contributed by atoms with Crippen molar-refractivity contribution < 1.29 is 24.2 Å². The lowest BCUT2D eigenvalue weighted by molar-refractivity contribution is -0.140. The van der Waals surface area contributed by atoms with Gasteiger partial charge in [0.05, 0.1) is 11.6 Å². The Morgan fingerprint density at radius 2 is 1.76 bits per heavy atom. The molecule has 0 spiro atoms. The van der Waals surface area contributed by atoms with Crippen LogP contribution >= 0.6 is 0 Å². The van der Waals surface area contributed by atoms with E-state index in [-0.39, 0.29) is 11.3 Å². The first-order valence-electron chi connectivity index (χ1n) is 12.4. The van der Waals surface area contributed by atoms with E-state index in [1.807, 2.05) is 74.4 Å². The molecule has 0 bridgehead atoms. The van der Waals surface area contributed by atoms with E-state index in [2.05, 4.69) is 6.58 Å². The first-order valence-corrected chi connectivity index (χ1v) is 12.4. The predicted molar refractivity (Wildman–Crippen MR) is 147 cm³/mol. The predicted octanol–water partition coefficient (Wildman–Crippen LogP) is 5.34. The average Bonchev–Trinajstić information content (AvgIpc) is 3.16. The van der Waals surface area contributed by atoms with E-state index in [4.69, 9.17) is 9.47 Å². The van der Waals surface area contributed by atoms with Crippen LogP contribution in [0.25, 0.3) is 5.76 Å². The number of carbonyl (C=O) groups excluding carboxylic acids is 2. The topological polar surface area (TPSA) is 79.3 Å². The van der Waals surface area contributed by atoms with Gasteiger partial charge in [0.2, 0.25) is 0 Å². The van der Waals surface area contributed by atoms with Crippen molar-refractivity contribution >= 4 is 17.4 Å². The molecule has 7 heteroatoms. The molecular weight excluding hydrogens is 480 g/mol. The number of rotatable bonds is 10. The van der Waals surface area contributed by atoms with Gasteiger partial charge in [0, 0.05) is 18.7 Å². The van der Waals surface area contributed by atoms with Crippen molar-refractivity contribution in [1.82, 2.24) is 9.80 Å². The molecule has 0 unspecified atom stereocenters. The minimum absolute atomic E-state index is 0.0461. The first-order chi connectivity index (χ1) is 18.3. The van der Waals surface area contributed by atoms with Crippen LogP contribution in [0, 0.1) is 6.92 Å². The van der Waals surface area contributed by atoms with Crippen LogP contribution in [0.1, 0.15) is 22.7 Å². The number of likely N-dealkylation sites (N-methyl/N-ethyl adjacent to an activating group) is 1. The Bertz CT molecular complexity index is 1360. The Hall–Kier alpha value is -4.36. The fraction of sp³-hybridized carbons (Fsp3) is 0.226. The first kappa shape index (κ1) is 26.7. The van der Waals surface area contributed by atoms with E-state index in [0.717, 1.165) is 5.56 Å². The molecule has 1 N–H and O–H groups in total. The van der Waals surface area contributed by atoms with Crippen molar-refractivity contribution in [3.63, 3.8) is 0 Å². The number of Topliss-reactive ketones (excluding diaryl/α,β-unsaturated/α-hetero) is 1. The van der Waals surface area contributed by atoms with Gasteiger partial charge in [0.15, 0.2) is 0 Å². The molecule has 0 aliphatic carbocycles. The molecule has 1 aliphatic rings. The van der Waals surface area contributed by atoms with Gasteiger partial charge in [0.1, 0.15) is 29.6 Å². The number of aliphatic hydroxyl groups excluding tert-OH is 1. The molecule has 4 rings (SSSR count). The van der Waals surface area contributed by atoms with Gasteiger partial charge in [0.25, 0.3) is 11.7 Å². The molecule has 196 valence electrons. The number of hydrogen-bond acceptors (Lipinski definition) is 6. The smallest absolute Gasteiger partial charge is 0.295 e. The van der Waals surface area contributed by atoms with Crippen LogP contribution in [0.2, 0.25) is 0 Å². The number of aliphatic hydroxyl groups is 1. The number of amides is 1. The van der Waals surface area contributed by atoms with Crippen LogP contribution in [0.3, 0.4) is 0 Å². The summed E-state index contributed by atoms with van der Waals surface area (Å²) in [6, 6.07) is 21.0. The number of ketones is 1. The van der Waals surface area contributed by atoms with Crippen molar-refractivity contribution in [3.8, 4) is 17.2 Å². The Morgan fingerprint density at radius 3 is 2.45 bits per heavy atom. The van der Waals surface area contributed by atoms with E-state index in [9.17, 15) is 14.7 Å². The molecular formula is C31H32N2O5. The fourth-order valence-corrected chi connectivity index (χ4v) is 4.40. The second-order valence-corrected chi connectivity index (χ2v) is 9.36. The molecule has 1 heterocycles. The van der Waals surface area contributed by atoms with Crippen molar-refractivity contribution in [3.05, 3.63) is 108 Å². The molecule has 1 fully saturated rings. The largest absolute Gasteiger partial charge is 0.507 e. The maximum atomic E-state index is 13.3. The van der Waals surface area contributed by atoms with Gasteiger partial charge in [-0.1, -0.05) is 43.0 Å². The Morgan fingerprint density at radius 1 is 1.03 bits per heavy atom. The number of benzene rings is 3. The van der Waals surface area contributed by atoms with Gasteiger partial charge in [-0.3, -0.25) is 9.59 Å². The molecule has 0 radical (unpaired) electrons. The zero-order chi connectivity index (χ0) is 27.2. The highest BCUT2D eigenvalue weighted by Gasteiger charge is 2.46. The summed E-state index contributed by atoms with van der Waals surface area (Å²) in [7, 11) is 3.80. The molecule has 3 aromatic carbocycles. The van der Waals surface area contributed by atoms with Crippen LogP contribution in [-0.4, -0.2) is 60.4 Å². The highest BCUT2D eigenvalue weighted by atomic mass is 16.5. The summed E-state index contributed by atoms with van der Waals surface area (Å²) in [5.74, 6) is 0.288. The number of carbonyl (C=O) groups is 2. The van der Waals surface area contributed by atoms with E-state index < -0.39 is 17.7 Å². The van der Waals surface area contributed by atoms with Gasteiger partial charge in [-0.2, -0.15) is 0 Å². The number of aryl methyl sites for hydroxylation is 1. The van der Waals surface area contributed by atoms with Gasteiger partial charge in [-0.15, -0.1) is 0 Å². The molecule has 1 saturated heterocycles. The number of hydrogen-bond donors (Lipinski definition) is 1.